The molecule has 27 heavy (non-hydrogen) atoms. The third kappa shape index (κ3) is 3.54. The van der Waals surface area contributed by atoms with Crippen LogP contribution in [0.2, 0.25) is 0 Å². The molecule has 2 aromatic carbocycles. The van der Waals surface area contributed by atoms with E-state index in [1.165, 1.54) is 0 Å². The number of cyclic esters (lactones) is 1. The molecule has 2 aliphatic rings. The third-order valence-electron chi connectivity index (χ3n) is 4.79. The number of ether oxygens (including phenoxy) is 3. The molecule has 4 rings (SSSR count). The molecule has 0 amide bonds. The normalized spacial score (nSPS) is 24.2. The molecular weight excluding hydrogens is 348 g/mol. The first kappa shape index (κ1) is 17.6. The zero-order valence-corrected chi connectivity index (χ0v) is 14.6. The van der Waals surface area contributed by atoms with Crippen molar-refractivity contribution in [1.82, 2.24) is 0 Å². The Bertz CT molecular complexity index is 804. The zero-order valence-electron chi connectivity index (χ0n) is 14.6. The molecule has 2 aliphatic heterocycles. The van der Waals surface area contributed by atoms with Gasteiger partial charge in [-0.3, -0.25) is 0 Å². The molecule has 2 N–H and O–H groups in total. The highest BCUT2D eigenvalue weighted by molar-refractivity contribution is 5.89. The second kappa shape index (κ2) is 7.06. The number of carbonyl (C=O) groups is 1. The van der Waals surface area contributed by atoms with Crippen molar-refractivity contribution in [1.29, 1.82) is 0 Å². The average molecular weight is 368 g/mol. The van der Waals surface area contributed by atoms with Crippen molar-refractivity contribution >= 4 is 5.97 Å². The van der Waals surface area contributed by atoms with E-state index < -0.39 is 35.5 Å². The van der Waals surface area contributed by atoms with Gasteiger partial charge < -0.3 is 24.4 Å². The van der Waals surface area contributed by atoms with Crippen molar-refractivity contribution in [2.75, 3.05) is 6.61 Å². The van der Waals surface area contributed by atoms with Crippen molar-refractivity contribution in [2.45, 2.75) is 30.8 Å². The molecular formula is C21H20O6. The molecule has 0 aromatic heterocycles. The monoisotopic (exact) mass is 368 g/mol. The van der Waals surface area contributed by atoms with Crippen LogP contribution in [0.4, 0.5) is 0 Å². The molecule has 2 atom stereocenters. The summed E-state index contributed by atoms with van der Waals surface area (Å²) < 4.78 is 17.3. The number of aliphatic hydroxyl groups excluding tert-OH is 2. The van der Waals surface area contributed by atoms with Crippen LogP contribution in [-0.2, 0) is 31.8 Å². The minimum absolute atomic E-state index is 0.134. The Hall–Kier alpha value is -2.83. The molecule has 1 saturated heterocycles. The van der Waals surface area contributed by atoms with Gasteiger partial charge in [-0.05, 0) is 11.1 Å². The molecule has 0 unspecified atom stereocenters. The molecule has 2 heterocycles. The topological polar surface area (TPSA) is 85.2 Å². The van der Waals surface area contributed by atoms with Gasteiger partial charge in [-0.15, -0.1) is 0 Å². The summed E-state index contributed by atoms with van der Waals surface area (Å²) in [5, 5.41) is 19.5. The van der Waals surface area contributed by atoms with E-state index in [9.17, 15) is 15.0 Å². The van der Waals surface area contributed by atoms with Crippen LogP contribution in [0, 0.1) is 0 Å². The van der Waals surface area contributed by atoms with Crippen molar-refractivity contribution in [3.63, 3.8) is 0 Å². The van der Waals surface area contributed by atoms with Crippen LogP contribution in [0.15, 0.2) is 72.2 Å². The lowest BCUT2D eigenvalue weighted by atomic mass is 9.97. The van der Waals surface area contributed by atoms with Gasteiger partial charge in [0.25, 0.3) is 0 Å². The Balaban J connectivity index is 1.59. The average Bonchev–Trinajstić information content (AvgIpc) is 3.20. The first-order chi connectivity index (χ1) is 13.1. The second-order valence-electron chi connectivity index (χ2n) is 6.76. The summed E-state index contributed by atoms with van der Waals surface area (Å²) in [4.78, 5) is 11.5. The second-order valence-corrected chi connectivity index (χ2v) is 6.76. The van der Waals surface area contributed by atoms with Crippen LogP contribution in [-0.4, -0.2) is 40.8 Å². The highest BCUT2D eigenvalue weighted by Crippen LogP contribution is 2.36. The number of esters is 1. The molecule has 0 spiro atoms. The predicted molar refractivity (Wildman–Crippen MR) is 96.0 cm³/mol. The van der Waals surface area contributed by atoms with Gasteiger partial charge in [-0.2, -0.15) is 0 Å². The van der Waals surface area contributed by atoms with Crippen LogP contribution >= 0.6 is 0 Å². The van der Waals surface area contributed by atoms with E-state index in [4.69, 9.17) is 14.2 Å². The predicted octanol–water partition coefficient (Wildman–Crippen LogP) is 2.84. The van der Waals surface area contributed by atoms with Crippen molar-refractivity contribution in [3.05, 3.63) is 83.3 Å². The highest BCUT2D eigenvalue weighted by atomic mass is 16.8. The Morgan fingerprint density at radius 2 is 1.48 bits per heavy atom. The number of rotatable bonds is 5. The van der Waals surface area contributed by atoms with E-state index in [2.05, 4.69) is 0 Å². The first-order valence-corrected chi connectivity index (χ1v) is 8.79. The maximum atomic E-state index is 11.5. The summed E-state index contributed by atoms with van der Waals surface area (Å²) in [5.74, 6) is -3.20. The van der Waals surface area contributed by atoms with E-state index in [0.717, 1.165) is 11.1 Å². The first-order valence-electron chi connectivity index (χ1n) is 8.79. The number of aliphatic hydroxyl groups is 2. The minimum Gasteiger partial charge on any atom is -0.505 e. The lowest BCUT2D eigenvalue weighted by molar-refractivity contribution is -0.180. The summed E-state index contributed by atoms with van der Waals surface area (Å²) in [5.41, 5.74) is 2.08. The van der Waals surface area contributed by atoms with Gasteiger partial charge >= 0.3 is 5.97 Å². The third-order valence-corrected chi connectivity index (χ3v) is 4.79. The molecule has 6 heteroatoms. The largest absolute Gasteiger partial charge is 0.505 e. The van der Waals surface area contributed by atoms with E-state index >= 15 is 0 Å². The van der Waals surface area contributed by atoms with Crippen LogP contribution in [0.1, 0.15) is 11.1 Å². The van der Waals surface area contributed by atoms with Gasteiger partial charge in [0.1, 0.15) is 6.10 Å². The van der Waals surface area contributed by atoms with Crippen molar-refractivity contribution < 1.29 is 29.2 Å². The van der Waals surface area contributed by atoms with Gasteiger partial charge in [0, 0.05) is 12.8 Å². The Kier molecular flexibility index (Phi) is 4.59. The van der Waals surface area contributed by atoms with Crippen LogP contribution in [0.25, 0.3) is 0 Å². The summed E-state index contributed by atoms with van der Waals surface area (Å²) in [7, 11) is 0. The molecule has 140 valence electrons. The van der Waals surface area contributed by atoms with Gasteiger partial charge in [-0.1, -0.05) is 60.7 Å². The standard InChI is InChI=1S/C21H20O6/c22-17-18(23)20(24)26-19(17)16-13-25-21(27-16,11-14-7-3-1-4-8-14)12-15-9-5-2-6-10-15/h1-10,16,19,22-23H,11-13H2/t16-,19+/m0/s1. The minimum atomic E-state index is -1.06. The number of benzene rings is 2. The fourth-order valence-electron chi connectivity index (χ4n) is 3.51. The maximum Gasteiger partial charge on any atom is 0.377 e. The molecule has 0 saturated carbocycles. The molecule has 0 bridgehead atoms. The fourth-order valence-corrected chi connectivity index (χ4v) is 3.51. The molecule has 2 aromatic rings. The van der Waals surface area contributed by atoms with E-state index in [1.807, 2.05) is 60.7 Å². The van der Waals surface area contributed by atoms with Crippen molar-refractivity contribution in [2.24, 2.45) is 0 Å². The zero-order chi connectivity index (χ0) is 18.9. The maximum absolute atomic E-state index is 11.5. The van der Waals surface area contributed by atoms with Crippen LogP contribution < -0.4 is 0 Å². The van der Waals surface area contributed by atoms with Gasteiger partial charge in [0.15, 0.2) is 17.7 Å². The molecule has 1 fully saturated rings. The number of hydrogen-bond acceptors (Lipinski definition) is 6. The Morgan fingerprint density at radius 1 is 0.926 bits per heavy atom. The lowest BCUT2D eigenvalue weighted by Crippen LogP contribution is -2.39. The van der Waals surface area contributed by atoms with Crippen LogP contribution in [0.5, 0.6) is 0 Å². The summed E-state index contributed by atoms with van der Waals surface area (Å²) in [6.45, 7) is 0.134. The number of hydrogen-bond donors (Lipinski definition) is 2. The highest BCUT2D eigenvalue weighted by Gasteiger charge is 2.50. The molecule has 0 aliphatic carbocycles. The fraction of sp³-hybridized carbons (Fsp3) is 0.286. The summed E-state index contributed by atoms with van der Waals surface area (Å²) >= 11 is 0. The SMILES string of the molecule is O=C1O[C@H]([C@@H]2COC(Cc3ccccc3)(Cc3ccccc3)O2)C(O)=C1O. The van der Waals surface area contributed by atoms with E-state index in [0.29, 0.717) is 12.8 Å². The molecule has 6 nitrogen and oxygen atoms in total. The molecule has 0 radical (unpaired) electrons. The number of carbonyl (C=O) groups excluding carboxylic acids is 1. The smallest absolute Gasteiger partial charge is 0.377 e. The summed E-state index contributed by atoms with van der Waals surface area (Å²) in [6, 6.07) is 19.6. The van der Waals surface area contributed by atoms with Crippen molar-refractivity contribution in [3.8, 4) is 0 Å². The quantitative estimate of drug-likeness (QED) is 0.790. The van der Waals surface area contributed by atoms with Gasteiger partial charge in [0.05, 0.1) is 6.61 Å². The van der Waals surface area contributed by atoms with E-state index in [1.54, 1.807) is 0 Å². The van der Waals surface area contributed by atoms with E-state index in [-0.39, 0.29) is 6.61 Å². The summed E-state index contributed by atoms with van der Waals surface area (Å²) in [6.07, 6.45) is -0.774. The van der Waals surface area contributed by atoms with Gasteiger partial charge in [-0.25, -0.2) is 4.79 Å². The Morgan fingerprint density at radius 3 is 1.96 bits per heavy atom. The Labute approximate surface area is 156 Å². The lowest BCUT2D eigenvalue weighted by Gasteiger charge is -2.29. The van der Waals surface area contributed by atoms with Gasteiger partial charge in [0.2, 0.25) is 5.76 Å². The van der Waals surface area contributed by atoms with Crippen LogP contribution in [0.3, 0.4) is 0 Å².